The van der Waals surface area contributed by atoms with E-state index in [2.05, 4.69) is 46.5 Å². The van der Waals surface area contributed by atoms with Crippen molar-refractivity contribution in [1.29, 1.82) is 0 Å². The van der Waals surface area contributed by atoms with E-state index in [1.54, 1.807) is 0 Å². The molecule has 0 aliphatic carbocycles. The minimum Gasteiger partial charge on any atom is -0.305 e. The molecule has 1 atom stereocenters. The van der Waals surface area contributed by atoms with E-state index in [4.69, 9.17) is 0 Å². The van der Waals surface area contributed by atoms with E-state index in [9.17, 15) is 4.79 Å². The van der Waals surface area contributed by atoms with Crippen LogP contribution in [0.25, 0.3) is 0 Å². The second-order valence-electron chi connectivity index (χ2n) is 7.76. The summed E-state index contributed by atoms with van der Waals surface area (Å²) in [5.74, 6) is 0.351. The lowest BCUT2D eigenvalue weighted by Crippen LogP contribution is -2.49. The number of nitrogens with zero attached hydrogens (tertiary/aromatic N) is 2. The number of allylic oxidation sites excluding steroid dienone is 1. The van der Waals surface area contributed by atoms with Crippen molar-refractivity contribution in [2.45, 2.75) is 59.9 Å². The molecule has 0 aromatic carbocycles. The third-order valence-electron chi connectivity index (χ3n) is 4.07. The van der Waals surface area contributed by atoms with E-state index in [0.717, 1.165) is 25.1 Å². The normalized spacial score (nSPS) is 24.8. The van der Waals surface area contributed by atoms with Gasteiger partial charge in [0, 0.05) is 17.7 Å². The summed E-state index contributed by atoms with van der Waals surface area (Å²) in [6, 6.07) is 0. The third-order valence-corrected chi connectivity index (χ3v) is 4.07. The van der Waals surface area contributed by atoms with Gasteiger partial charge in [-0.3, -0.25) is 9.79 Å². The van der Waals surface area contributed by atoms with Crippen molar-refractivity contribution >= 4 is 12.1 Å². The lowest BCUT2D eigenvalue weighted by atomic mass is 9.77. The van der Waals surface area contributed by atoms with Gasteiger partial charge in [0.05, 0.1) is 12.2 Å². The fraction of sp³-hybridized carbons (Fsp3) is 0.750. The maximum Gasteiger partial charge on any atom is 0.231 e. The second kappa shape index (κ2) is 4.46. The molecule has 0 bridgehead atoms. The summed E-state index contributed by atoms with van der Waals surface area (Å²) in [6.45, 7) is 13.6. The highest BCUT2D eigenvalue weighted by molar-refractivity contribution is 5.93. The van der Waals surface area contributed by atoms with Crippen LogP contribution in [-0.4, -0.2) is 29.1 Å². The molecule has 0 spiro atoms. The van der Waals surface area contributed by atoms with E-state index in [-0.39, 0.29) is 22.8 Å². The van der Waals surface area contributed by atoms with Gasteiger partial charge in [-0.2, -0.15) is 0 Å². The zero-order chi connectivity index (χ0) is 14.4. The topological polar surface area (TPSA) is 32.7 Å². The van der Waals surface area contributed by atoms with Gasteiger partial charge >= 0.3 is 0 Å². The summed E-state index contributed by atoms with van der Waals surface area (Å²) >= 11 is 0. The minimum absolute atomic E-state index is 0.0114. The Bertz CT molecular complexity index is 446. The Labute approximate surface area is 116 Å². The molecule has 0 saturated carbocycles. The molecule has 2 rings (SSSR count). The lowest BCUT2D eigenvalue weighted by Gasteiger charge is -2.40. The Morgan fingerprint density at radius 2 is 1.84 bits per heavy atom. The van der Waals surface area contributed by atoms with Crippen molar-refractivity contribution < 1.29 is 4.79 Å². The Kier molecular flexibility index (Phi) is 3.36. The first-order chi connectivity index (χ1) is 8.62. The maximum atomic E-state index is 13.0. The molecule has 2 heterocycles. The van der Waals surface area contributed by atoms with Crippen LogP contribution in [0.4, 0.5) is 0 Å². The van der Waals surface area contributed by atoms with Crippen molar-refractivity contribution in [3.05, 3.63) is 11.3 Å². The Balaban J connectivity index is 2.45. The van der Waals surface area contributed by atoms with Crippen LogP contribution in [0.2, 0.25) is 0 Å². The number of carbonyl (C=O) groups excluding carboxylic acids is 1. The van der Waals surface area contributed by atoms with Crippen LogP contribution in [0, 0.1) is 11.3 Å². The van der Waals surface area contributed by atoms with Gasteiger partial charge in [-0.1, -0.05) is 20.8 Å². The molecule has 0 radical (unpaired) electrons. The smallest absolute Gasteiger partial charge is 0.231 e. The molecule has 19 heavy (non-hydrogen) atoms. The highest BCUT2D eigenvalue weighted by Gasteiger charge is 2.42. The maximum absolute atomic E-state index is 13.0. The van der Waals surface area contributed by atoms with E-state index < -0.39 is 0 Å². The average Bonchev–Trinajstić information content (AvgIpc) is 2.57. The molecule has 0 aromatic rings. The van der Waals surface area contributed by atoms with Crippen molar-refractivity contribution in [2.75, 3.05) is 6.54 Å². The van der Waals surface area contributed by atoms with Gasteiger partial charge in [0.2, 0.25) is 5.91 Å². The van der Waals surface area contributed by atoms with Gasteiger partial charge in [0.1, 0.15) is 0 Å². The van der Waals surface area contributed by atoms with Crippen LogP contribution < -0.4 is 0 Å². The molecule has 106 valence electrons. The van der Waals surface area contributed by atoms with Gasteiger partial charge in [0.15, 0.2) is 0 Å². The molecule has 3 nitrogen and oxygen atoms in total. The Morgan fingerprint density at radius 3 is 2.37 bits per heavy atom. The van der Waals surface area contributed by atoms with Gasteiger partial charge in [-0.25, -0.2) is 0 Å². The molecule has 3 heteroatoms. The van der Waals surface area contributed by atoms with E-state index in [1.807, 2.05) is 11.1 Å². The summed E-state index contributed by atoms with van der Waals surface area (Å²) in [6.07, 6.45) is 3.83. The van der Waals surface area contributed by atoms with E-state index in [0.29, 0.717) is 0 Å². The first-order valence-electron chi connectivity index (χ1n) is 7.18. The SMILES string of the molecule is CC(C)(C)C1CCC2=C(C=NC2)N(C(C)(C)C)C1=O. The fourth-order valence-electron chi connectivity index (χ4n) is 3.05. The standard InChI is InChI=1S/C16H26N2O/c1-15(2,3)12-8-7-11-9-17-10-13(11)18(14(12)19)16(4,5)6/h10,12H,7-9H2,1-6H3. The van der Waals surface area contributed by atoms with Crippen LogP contribution >= 0.6 is 0 Å². The molecule has 0 fully saturated rings. The first-order valence-corrected chi connectivity index (χ1v) is 7.18. The number of hydrogen-bond donors (Lipinski definition) is 0. The van der Waals surface area contributed by atoms with Crippen molar-refractivity contribution in [3.63, 3.8) is 0 Å². The largest absolute Gasteiger partial charge is 0.305 e. The number of rotatable bonds is 0. The minimum atomic E-state index is -0.193. The zero-order valence-corrected chi connectivity index (χ0v) is 13.1. The summed E-state index contributed by atoms with van der Waals surface area (Å²) in [5, 5.41) is 0. The van der Waals surface area contributed by atoms with E-state index >= 15 is 0 Å². The molecule has 2 aliphatic heterocycles. The second-order valence-corrected chi connectivity index (χ2v) is 7.76. The molecule has 0 aromatic heterocycles. The van der Waals surface area contributed by atoms with E-state index in [1.165, 1.54) is 5.57 Å². The molecular weight excluding hydrogens is 236 g/mol. The van der Waals surface area contributed by atoms with Crippen LogP contribution in [0.1, 0.15) is 54.4 Å². The quantitative estimate of drug-likeness (QED) is 0.658. The number of hydrogen-bond acceptors (Lipinski definition) is 2. The molecular formula is C16H26N2O. The molecule has 0 N–H and O–H groups in total. The average molecular weight is 262 g/mol. The summed E-state index contributed by atoms with van der Waals surface area (Å²) in [4.78, 5) is 19.4. The molecule has 1 amide bonds. The highest BCUT2D eigenvalue weighted by Crippen LogP contribution is 2.39. The van der Waals surface area contributed by atoms with Gasteiger partial charge < -0.3 is 4.90 Å². The number of amides is 1. The van der Waals surface area contributed by atoms with Crippen LogP contribution in [0.3, 0.4) is 0 Å². The molecule has 0 saturated heterocycles. The monoisotopic (exact) mass is 262 g/mol. The predicted octanol–water partition coefficient (Wildman–Crippen LogP) is 3.41. The van der Waals surface area contributed by atoms with Crippen molar-refractivity contribution in [3.8, 4) is 0 Å². The van der Waals surface area contributed by atoms with Crippen molar-refractivity contribution in [2.24, 2.45) is 16.3 Å². The summed E-state index contributed by atoms with van der Waals surface area (Å²) in [7, 11) is 0. The van der Waals surface area contributed by atoms with Crippen molar-refractivity contribution in [1.82, 2.24) is 4.90 Å². The number of aliphatic imine (C=N–C) groups is 1. The Hall–Kier alpha value is -1.12. The number of carbonyl (C=O) groups is 1. The third kappa shape index (κ3) is 2.60. The van der Waals surface area contributed by atoms with Gasteiger partial charge in [-0.05, 0) is 44.6 Å². The highest BCUT2D eigenvalue weighted by atomic mass is 16.2. The van der Waals surface area contributed by atoms with Gasteiger partial charge in [0.25, 0.3) is 0 Å². The predicted molar refractivity (Wildman–Crippen MR) is 79.2 cm³/mol. The van der Waals surface area contributed by atoms with Crippen LogP contribution in [0.15, 0.2) is 16.3 Å². The summed E-state index contributed by atoms with van der Waals surface area (Å²) in [5.41, 5.74) is 2.21. The first kappa shape index (κ1) is 14.3. The Morgan fingerprint density at radius 1 is 1.21 bits per heavy atom. The summed E-state index contributed by atoms with van der Waals surface area (Å²) < 4.78 is 0. The zero-order valence-electron chi connectivity index (χ0n) is 13.1. The molecule has 2 aliphatic rings. The van der Waals surface area contributed by atoms with Gasteiger partial charge in [-0.15, -0.1) is 0 Å². The lowest BCUT2D eigenvalue weighted by molar-refractivity contribution is -0.140. The molecule has 1 unspecified atom stereocenters. The van der Waals surface area contributed by atoms with Crippen LogP contribution in [0.5, 0.6) is 0 Å². The van der Waals surface area contributed by atoms with Crippen LogP contribution in [-0.2, 0) is 4.79 Å². The fourth-order valence-corrected chi connectivity index (χ4v) is 3.05.